The molecule has 0 aromatic carbocycles. The molecule has 0 aliphatic carbocycles. The average Bonchev–Trinajstić information content (AvgIpc) is 2.59. The van der Waals surface area contributed by atoms with Crippen molar-refractivity contribution >= 4 is 11.9 Å². The van der Waals surface area contributed by atoms with Gasteiger partial charge in [0.1, 0.15) is 12.2 Å². The molecule has 0 amide bonds. The lowest BCUT2D eigenvalue weighted by atomic mass is 10.3. The van der Waals surface area contributed by atoms with E-state index in [-0.39, 0.29) is 5.69 Å². The Labute approximate surface area is 88.4 Å². The van der Waals surface area contributed by atoms with Crippen LogP contribution in [0.4, 0.5) is 8.78 Å². The lowest BCUT2D eigenvalue weighted by Crippen LogP contribution is -2.15. The van der Waals surface area contributed by atoms with Crippen molar-refractivity contribution in [2.75, 3.05) is 7.11 Å². The summed E-state index contributed by atoms with van der Waals surface area (Å²) in [6.07, 6.45) is -2.76. The number of carbonyl (C=O) groups is 2. The van der Waals surface area contributed by atoms with Gasteiger partial charge in [-0.25, -0.2) is 18.4 Å². The number of carboxylic acid groups (broad SMARTS) is 1. The van der Waals surface area contributed by atoms with Crippen LogP contribution in [0.25, 0.3) is 0 Å². The van der Waals surface area contributed by atoms with Gasteiger partial charge in [0, 0.05) is 6.07 Å². The molecule has 1 rings (SSSR count). The second kappa shape index (κ2) is 4.69. The quantitative estimate of drug-likeness (QED) is 0.773. The Morgan fingerprint density at radius 2 is 2.25 bits per heavy atom. The fourth-order valence-electron chi connectivity index (χ4n) is 1.06. The van der Waals surface area contributed by atoms with Crippen LogP contribution < -0.4 is 0 Å². The maximum atomic E-state index is 12.1. The molecule has 6 nitrogen and oxygen atoms in total. The Balaban J connectivity index is 3.09. The number of esters is 1. The van der Waals surface area contributed by atoms with Crippen molar-refractivity contribution in [3.63, 3.8) is 0 Å². The summed E-state index contributed by atoms with van der Waals surface area (Å²) in [4.78, 5) is 21.7. The number of halogens is 2. The second-order valence-electron chi connectivity index (χ2n) is 2.78. The van der Waals surface area contributed by atoms with Crippen molar-refractivity contribution in [2.45, 2.75) is 13.0 Å². The molecular weight excluding hydrogens is 226 g/mol. The van der Waals surface area contributed by atoms with Gasteiger partial charge in [-0.2, -0.15) is 5.10 Å². The van der Waals surface area contributed by atoms with Gasteiger partial charge in [-0.15, -0.1) is 0 Å². The third-order valence-electron chi connectivity index (χ3n) is 1.70. The van der Waals surface area contributed by atoms with E-state index >= 15 is 0 Å². The van der Waals surface area contributed by atoms with E-state index in [1.807, 2.05) is 0 Å². The highest BCUT2D eigenvalue weighted by Gasteiger charge is 2.20. The van der Waals surface area contributed by atoms with Gasteiger partial charge in [0.15, 0.2) is 5.69 Å². The van der Waals surface area contributed by atoms with Crippen molar-refractivity contribution in [1.29, 1.82) is 0 Å². The monoisotopic (exact) mass is 234 g/mol. The van der Waals surface area contributed by atoms with Crippen molar-refractivity contribution in [2.24, 2.45) is 0 Å². The molecular formula is C8H8F2N2O4. The van der Waals surface area contributed by atoms with E-state index in [4.69, 9.17) is 5.11 Å². The zero-order chi connectivity index (χ0) is 12.3. The number of methoxy groups -OCH3 is 1. The van der Waals surface area contributed by atoms with Gasteiger partial charge in [-0.05, 0) is 0 Å². The number of alkyl halides is 2. The van der Waals surface area contributed by atoms with Crippen LogP contribution in [0.1, 0.15) is 21.0 Å². The molecule has 0 spiro atoms. The van der Waals surface area contributed by atoms with Crippen molar-refractivity contribution in [3.05, 3.63) is 17.5 Å². The molecule has 0 saturated carbocycles. The number of nitrogens with zero attached hydrogens (tertiary/aromatic N) is 2. The van der Waals surface area contributed by atoms with Gasteiger partial charge < -0.3 is 9.84 Å². The topological polar surface area (TPSA) is 81.4 Å². The molecule has 0 bridgehead atoms. The van der Waals surface area contributed by atoms with Crippen LogP contribution in [0, 0.1) is 0 Å². The summed E-state index contributed by atoms with van der Waals surface area (Å²) in [6, 6.07) is 0.885. The number of aromatic carboxylic acids is 1. The minimum absolute atomic E-state index is 0.319. The van der Waals surface area contributed by atoms with E-state index in [1.54, 1.807) is 0 Å². The molecule has 1 aromatic heterocycles. The number of rotatable bonds is 4. The molecule has 0 saturated heterocycles. The minimum atomic E-state index is -2.76. The predicted octanol–water partition coefficient (Wildman–Crippen LogP) is 0.633. The van der Waals surface area contributed by atoms with E-state index in [1.165, 1.54) is 0 Å². The highest BCUT2D eigenvalue weighted by Crippen LogP contribution is 2.08. The number of carboxylic acids is 1. The summed E-state index contributed by atoms with van der Waals surface area (Å²) in [7, 11) is 1.08. The number of ether oxygens (including phenoxy) is 1. The lowest BCUT2D eigenvalue weighted by Gasteiger charge is -2.02. The van der Waals surface area contributed by atoms with Gasteiger partial charge in [0.05, 0.1) is 7.11 Å². The summed E-state index contributed by atoms with van der Waals surface area (Å²) >= 11 is 0. The molecule has 0 atom stereocenters. The third-order valence-corrected chi connectivity index (χ3v) is 1.70. The van der Waals surface area contributed by atoms with Crippen LogP contribution in [-0.4, -0.2) is 40.4 Å². The fourth-order valence-corrected chi connectivity index (χ4v) is 1.06. The zero-order valence-electron chi connectivity index (χ0n) is 8.18. The van der Waals surface area contributed by atoms with E-state index in [0.717, 1.165) is 13.2 Å². The summed E-state index contributed by atoms with van der Waals surface area (Å²) in [5.41, 5.74) is -0.804. The van der Waals surface area contributed by atoms with Crippen LogP contribution >= 0.6 is 0 Å². The standard InChI is InChI=1S/C8H8F2N2O4/c1-16-8(15)4-2-5(7(13)14)12(11-4)3-6(9)10/h2,6H,3H2,1H3,(H,13,14). The second-order valence-corrected chi connectivity index (χ2v) is 2.78. The van der Waals surface area contributed by atoms with Crippen molar-refractivity contribution in [1.82, 2.24) is 9.78 Å². The van der Waals surface area contributed by atoms with E-state index in [0.29, 0.717) is 4.68 Å². The summed E-state index contributed by atoms with van der Waals surface area (Å²) < 4.78 is 29.0. The number of hydrogen-bond donors (Lipinski definition) is 1. The van der Waals surface area contributed by atoms with Crippen LogP contribution in [0.3, 0.4) is 0 Å². The Morgan fingerprint density at radius 3 is 2.69 bits per heavy atom. The number of hydrogen-bond acceptors (Lipinski definition) is 4. The van der Waals surface area contributed by atoms with Gasteiger partial charge in [0.25, 0.3) is 6.43 Å². The smallest absolute Gasteiger partial charge is 0.358 e. The van der Waals surface area contributed by atoms with Crippen LogP contribution in [0.2, 0.25) is 0 Å². The highest BCUT2D eigenvalue weighted by molar-refractivity contribution is 5.92. The van der Waals surface area contributed by atoms with Crippen molar-refractivity contribution < 1.29 is 28.2 Å². The number of aromatic nitrogens is 2. The van der Waals surface area contributed by atoms with Gasteiger partial charge in [-0.3, -0.25) is 4.68 Å². The minimum Gasteiger partial charge on any atom is -0.477 e. The fraction of sp³-hybridized carbons (Fsp3) is 0.375. The molecule has 88 valence electrons. The zero-order valence-corrected chi connectivity index (χ0v) is 8.18. The lowest BCUT2D eigenvalue weighted by molar-refractivity contribution is 0.0588. The van der Waals surface area contributed by atoms with E-state index in [2.05, 4.69) is 9.84 Å². The molecule has 1 heterocycles. The van der Waals surface area contributed by atoms with E-state index < -0.39 is 30.6 Å². The normalized spacial score (nSPS) is 10.5. The first kappa shape index (κ1) is 12.1. The molecule has 16 heavy (non-hydrogen) atoms. The first-order chi connectivity index (χ1) is 7.45. The molecule has 0 fully saturated rings. The molecule has 0 unspecified atom stereocenters. The van der Waals surface area contributed by atoms with E-state index in [9.17, 15) is 18.4 Å². The molecule has 0 radical (unpaired) electrons. The number of carbonyl (C=O) groups excluding carboxylic acids is 1. The van der Waals surface area contributed by atoms with Gasteiger partial charge >= 0.3 is 11.9 Å². The van der Waals surface area contributed by atoms with Crippen molar-refractivity contribution in [3.8, 4) is 0 Å². The Bertz CT molecular complexity index is 416. The maximum Gasteiger partial charge on any atom is 0.358 e. The molecule has 0 aliphatic heterocycles. The Hall–Kier alpha value is -1.99. The predicted molar refractivity (Wildman–Crippen MR) is 46.5 cm³/mol. The van der Waals surface area contributed by atoms with Crippen LogP contribution in [-0.2, 0) is 11.3 Å². The first-order valence-electron chi connectivity index (χ1n) is 4.13. The highest BCUT2D eigenvalue weighted by atomic mass is 19.3. The van der Waals surface area contributed by atoms with Gasteiger partial charge in [-0.1, -0.05) is 0 Å². The third kappa shape index (κ3) is 2.53. The van der Waals surface area contributed by atoms with Crippen LogP contribution in [0.15, 0.2) is 6.07 Å². The maximum absolute atomic E-state index is 12.1. The summed E-state index contributed by atoms with van der Waals surface area (Å²) in [5.74, 6) is -2.32. The summed E-state index contributed by atoms with van der Waals surface area (Å²) in [5, 5.41) is 12.1. The largest absolute Gasteiger partial charge is 0.477 e. The molecule has 8 heteroatoms. The van der Waals surface area contributed by atoms with Gasteiger partial charge in [0.2, 0.25) is 0 Å². The molecule has 0 aliphatic rings. The van der Waals surface area contributed by atoms with Crippen LogP contribution in [0.5, 0.6) is 0 Å². The Morgan fingerprint density at radius 1 is 1.62 bits per heavy atom. The first-order valence-corrected chi connectivity index (χ1v) is 4.13. The Kier molecular flexibility index (Phi) is 3.54. The average molecular weight is 234 g/mol. The summed E-state index contributed by atoms with van der Waals surface area (Å²) in [6.45, 7) is -0.890. The molecule has 1 aromatic rings. The molecule has 1 N–H and O–H groups in total. The SMILES string of the molecule is COC(=O)c1cc(C(=O)O)n(CC(F)F)n1.